The van der Waals surface area contributed by atoms with E-state index in [0.717, 1.165) is 12.1 Å². The lowest BCUT2D eigenvalue weighted by Gasteiger charge is -2.43. The summed E-state index contributed by atoms with van der Waals surface area (Å²) in [6.45, 7) is 13.2. The number of hydrogen-bond acceptors (Lipinski definition) is 3. The molecule has 1 aliphatic carbocycles. The first-order chi connectivity index (χ1) is 14.5. The SMILES string of the molecule is CC(C)(C)[S@+]([O-])N=C(CO[Si](c1ccccc1)(c1ccccc1)C(C)(C)C)CC1CC1. The molecule has 31 heavy (non-hydrogen) atoms. The fourth-order valence-electron chi connectivity index (χ4n) is 3.99. The fourth-order valence-corrected chi connectivity index (χ4v) is 9.16. The molecule has 1 fully saturated rings. The van der Waals surface area contributed by atoms with Gasteiger partial charge in [-0.25, -0.2) is 0 Å². The molecule has 168 valence electrons. The van der Waals surface area contributed by atoms with Crippen molar-refractivity contribution in [3.05, 3.63) is 60.7 Å². The van der Waals surface area contributed by atoms with Crippen molar-refractivity contribution in [1.82, 2.24) is 0 Å². The molecule has 1 saturated carbocycles. The second kappa shape index (κ2) is 9.61. The van der Waals surface area contributed by atoms with Crippen LogP contribution in [-0.2, 0) is 15.8 Å². The van der Waals surface area contributed by atoms with Gasteiger partial charge in [-0.2, -0.15) is 0 Å². The van der Waals surface area contributed by atoms with E-state index in [1.54, 1.807) is 0 Å². The van der Waals surface area contributed by atoms with Crippen LogP contribution in [0.5, 0.6) is 0 Å². The average Bonchev–Trinajstić information content (AvgIpc) is 3.52. The molecule has 1 atom stereocenters. The summed E-state index contributed by atoms with van der Waals surface area (Å²) in [5.41, 5.74) is 0.948. The quantitative estimate of drug-likeness (QED) is 0.309. The van der Waals surface area contributed by atoms with Gasteiger partial charge in [0.15, 0.2) is 0 Å². The minimum atomic E-state index is -2.62. The molecule has 5 heteroatoms. The van der Waals surface area contributed by atoms with Gasteiger partial charge in [-0.3, -0.25) is 0 Å². The molecule has 0 bridgehead atoms. The summed E-state index contributed by atoms with van der Waals surface area (Å²) in [5.74, 6) is 0.665. The highest BCUT2D eigenvalue weighted by Gasteiger charge is 2.50. The van der Waals surface area contributed by atoms with Gasteiger partial charge >= 0.3 is 0 Å². The topological polar surface area (TPSA) is 44.7 Å². The van der Waals surface area contributed by atoms with E-state index < -0.39 is 19.7 Å². The van der Waals surface area contributed by atoms with E-state index in [2.05, 4.69) is 85.8 Å². The molecule has 3 rings (SSSR count). The second-order valence-corrected chi connectivity index (χ2v) is 16.8. The van der Waals surface area contributed by atoms with Gasteiger partial charge in [0.2, 0.25) is 0 Å². The summed E-state index contributed by atoms with van der Waals surface area (Å²) in [6.07, 6.45) is 3.36. The summed E-state index contributed by atoms with van der Waals surface area (Å²) in [7, 11) is -2.62. The number of hydrogen-bond donors (Lipinski definition) is 0. The van der Waals surface area contributed by atoms with E-state index in [-0.39, 0.29) is 9.79 Å². The Balaban J connectivity index is 2.02. The highest BCUT2D eigenvalue weighted by molar-refractivity contribution is 7.91. The average molecular weight is 456 g/mol. The predicted molar refractivity (Wildman–Crippen MR) is 136 cm³/mol. The predicted octanol–water partition coefficient (Wildman–Crippen LogP) is 5.27. The third-order valence-corrected chi connectivity index (χ3v) is 12.3. The highest BCUT2D eigenvalue weighted by Crippen LogP contribution is 2.38. The zero-order valence-corrected chi connectivity index (χ0v) is 21.7. The molecule has 0 spiro atoms. The van der Waals surface area contributed by atoms with Crippen LogP contribution in [0, 0.1) is 5.92 Å². The van der Waals surface area contributed by atoms with Crippen molar-refractivity contribution in [2.24, 2.45) is 10.3 Å². The van der Waals surface area contributed by atoms with Gasteiger partial charge in [0.1, 0.15) is 16.1 Å². The maximum absolute atomic E-state index is 12.8. The van der Waals surface area contributed by atoms with E-state index in [0.29, 0.717) is 12.5 Å². The van der Waals surface area contributed by atoms with Gasteiger partial charge in [-0.15, -0.1) is 0 Å². The van der Waals surface area contributed by atoms with Gasteiger partial charge < -0.3 is 8.98 Å². The van der Waals surface area contributed by atoms with Crippen molar-refractivity contribution in [2.75, 3.05) is 6.61 Å². The molecule has 0 radical (unpaired) electrons. The number of rotatable bonds is 8. The van der Waals surface area contributed by atoms with Crippen LogP contribution in [0.2, 0.25) is 5.04 Å². The standard InChI is InChI=1S/C26H37NO2SSi/c1-25(2,3)30(28)27-22(19-21-17-18-21)20-29-31(26(4,5)6,23-13-9-7-10-14-23)24-15-11-8-12-16-24/h7-16,21H,17-20H2,1-6H3/t30-/m0/s1. The Kier molecular flexibility index (Phi) is 7.52. The summed E-state index contributed by atoms with van der Waals surface area (Å²) in [5, 5.41) is 2.44. The zero-order valence-electron chi connectivity index (χ0n) is 19.9. The van der Waals surface area contributed by atoms with Crippen LogP contribution in [0.15, 0.2) is 65.1 Å². The lowest BCUT2D eigenvalue weighted by atomic mass is 10.2. The van der Waals surface area contributed by atoms with Crippen LogP contribution in [0.3, 0.4) is 0 Å². The smallest absolute Gasteiger partial charge is 0.261 e. The third-order valence-electron chi connectivity index (χ3n) is 5.83. The molecule has 2 aromatic carbocycles. The molecular formula is C26H37NO2SSi. The van der Waals surface area contributed by atoms with Crippen molar-refractivity contribution in [1.29, 1.82) is 0 Å². The van der Waals surface area contributed by atoms with Crippen molar-refractivity contribution in [3.63, 3.8) is 0 Å². The van der Waals surface area contributed by atoms with E-state index >= 15 is 0 Å². The Morgan fingerprint density at radius 2 is 1.42 bits per heavy atom. The summed E-state index contributed by atoms with van der Waals surface area (Å²) in [4.78, 5) is 0. The number of benzene rings is 2. The lowest BCUT2D eigenvalue weighted by Crippen LogP contribution is -2.67. The molecular weight excluding hydrogens is 418 g/mol. The van der Waals surface area contributed by atoms with Gasteiger partial charge in [0.25, 0.3) is 8.32 Å². The van der Waals surface area contributed by atoms with E-state index in [1.807, 2.05) is 20.8 Å². The Morgan fingerprint density at radius 1 is 0.935 bits per heavy atom. The molecule has 1 aliphatic rings. The molecule has 2 aromatic rings. The monoisotopic (exact) mass is 455 g/mol. The summed E-state index contributed by atoms with van der Waals surface area (Å²) in [6, 6.07) is 21.3. The van der Waals surface area contributed by atoms with Crippen LogP contribution in [0.25, 0.3) is 0 Å². The Labute approximate surface area is 192 Å². The van der Waals surface area contributed by atoms with Gasteiger partial charge in [-0.05, 0) is 61.4 Å². The molecule has 0 aromatic heterocycles. The van der Waals surface area contributed by atoms with Gasteiger partial charge in [0.05, 0.1) is 12.3 Å². The Morgan fingerprint density at radius 3 is 1.81 bits per heavy atom. The van der Waals surface area contributed by atoms with Crippen molar-refractivity contribution < 1.29 is 8.98 Å². The molecule has 0 unspecified atom stereocenters. The van der Waals surface area contributed by atoms with Crippen molar-refractivity contribution >= 4 is 35.8 Å². The molecule has 0 heterocycles. The van der Waals surface area contributed by atoms with Crippen molar-refractivity contribution in [2.45, 2.75) is 70.6 Å². The minimum Gasteiger partial charge on any atom is -0.591 e. The zero-order chi connectivity index (χ0) is 22.7. The van der Waals surface area contributed by atoms with E-state index in [9.17, 15) is 4.55 Å². The van der Waals surface area contributed by atoms with Crippen LogP contribution in [0.1, 0.15) is 60.8 Å². The van der Waals surface area contributed by atoms with Crippen LogP contribution >= 0.6 is 0 Å². The number of nitrogens with zero attached hydrogens (tertiary/aromatic N) is 1. The summed E-state index contributed by atoms with van der Waals surface area (Å²) >= 11 is -1.27. The largest absolute Gasteiger partial charge is 0.591 e. The van der Waals surface area contributed by atoms with Crippen LogP contribution < -0.4 is 10.4 Å². The lowest BCUT2D eigenvalue weighted by molar-refractivity contribution is 0.349. The molecule has 0 amide bonds. The highest BCUT2D eigenvalue weighted by atomic mass is 32.2. The molecule has 3 nitrogen and oxygen atoms in total. The Bertz CT molecular complexity index is 828. The van der Waals surface area contributed by atoms with Crippen LogP contribution in [0.4, 0.5) is 0 Å². The molecule has 0 aliphatic heterocycles. The minimum absolute atomic E-state index is 0.0798. The van der Waals surface area contributed by atoms with E-state index in [1.165, 1.54) is 23.2 Å². The first-order valence-corrected chi connectivity index (χ1v) is 14.3. The Hall–Kier alpha value is -1.40. The van der Waals surface area contributed by atoms with E-state index in [4.69, 9.17) is 4.43 Å². The second-order valence-electron chi connectivity index (χ2n) is 10.6. The molecule has 0 N–H and O–H groups in total. The molecule has 0 saturated heterocycles. The van der Waals surface area contributed by atoms with Gasteiger partial charge in [-0.1, -0.05) is 85.8 Å². The third kappa shape index (κ3) is 5.89. The first-order valence-electron chi connectivity index (χ1n) is 11.3. The first kappa shape index (κ1) is 24.2. The van der Waals surface area contributed by atoms with Crippen LogP contribution in [-0.4, -0.2) is 29.9 Å². The normalized spacial score (nSPS) is 16.9. The maximum Gasteiger partial charge on any atom is 0.261 e. The van der Waals surface area contributed by atoms with Gasteiger partial charge in [0, 0.05) is 0 Å². The summed E-state index contributed by atoms with van der Waals surface area (Å²) < 4.78 is 24.2. The van der Waals surface area contributed by atoms with Crippen molar-refractivity contribution in [3.8, 4) is 0 Å². The fraction of sp³-hybridized carbons (Fsp3) is 0.500. The maximum atomic E-state index is 12.8.